The lowest BCUT2D eigenvalue weighted by Crippen LogP contribution is -2.49. The Kier molecular flexibility index (Phi) is 7.52. The van der Waals surface area contributed by atoms with Crippen molar-refractivity contribution in [1.29, 1.82) is 0 Å². The molecule has 5 atom stereocenters. The summed E-state index contributed by atoms with van der Waals surface area (Å²) in [6.07, 6.45) is 5.98. The molecule has 2 fully saturated rings. The van der Waals surface area contributed by atoms with Crippen molar-refractivity contribution in [3.8, 4) is 0 Å². The van der Waals surface area contributed by atoms with Crippen molar-refractivity contribution in [3.63, 3.8) is 0 Å². The van der Waals surface area contributed by atoms with Crippen LogP contribution in [0.25, 0.3) is 5.70 Å². The molecule has 37 heavy (non-hydrogen) atoms. The van der Waals surface area contributed by atoms with Gasteiger partial charge in [-0.15, -0.1) is 0 Å². The molecule has 4 rings (SSSR count). The molecule has 2 aliphatic carbocycles. The second kappa shape index (κ2) is 10.2. The average molecular weight is 536 g/mol. The summed E-state index contributed by atoms with van der Waals surface area (Å²) in [5, 5.41) is 5.49. The van der Waals surface area contributed by atoms with Gasteiger partial charge >= 0.3 is 0 Å². The van der Waals surface area contributed by atoms with E-state index in [2.05, 4.69) is 17.2 Å². The van der Waals surface area contributed by atoms with Gasteiger partial charge < -0.3 is 15.5 Å². The molecule has 9 heteroatoms. The maximum atomic E-state index is 15.2. The van der Waals surface area contributed by atoms with Crippen molar-refractivity contribution in [2.75, 3.05) is 0 Å². The van der Waals surface area contributed by atoms with Gasteiger partial charge in [0.15, 0.2) is 11.6 Å². The fourth-order valence-corrected chi connectivity index (χ4v) is 5.57. The van der Waals surface area contributed by atoms with Crippen LogP contribution in [-0.4, -0.2) is 40.4 Å². The van der Waals surface area contributed by atoms with Crippen LogP contribution in [0.4, 0.5) is 13.2 Å². The van der Waals surface area contributed by atoms with Gasteiger partial charge in [-0.1, -0.05) is 31.2 Å². The third-order valence-corrected chi connectivity index (χ3v) is 8.10. The molecule has 2 unspecified atom stereocenters. The Balaban J connectivity index is 1.41. The van der Waals surface area contributed by atoms with E-state index >= 15 is 4.39 Å². The van der Waals surface area contributed by atoms with Crippen LogP contribution in [0.15, 0.2) is 42.3 Å². The van der Waals surface area contributed by atoms with Crippen molar-refractivity contribution in [3.05, 3.63) is 64.5 Å². The Morgan fingerprint density at radius 3 is 2.30 bits per heavy atom. The SMILES string of the molecule is C=C(NC1(C(=O)N[C@H](C)C2=CC(C)C(C(=O)N3[C@H](C)CC[C@@H]3C)C=C2F)CC1)c1cc(F)c(F)c(Cl)c1. The third kappa shape index (κ3) is 5.31. The molecule has 1 saturated heterocycles. The second-order valence-electron chi connectivity index (χ2n) is 10.7. The van der Waals surface area contributed by atoms with Crippen LogP contribution < -0.4 is 10.6 Å². The lowest BCUT2D eigenvalue weighted by atomic mass is 9.83. The number of benzene rings is 1. The molecular weight excluding hydrogens is 503 g/mol. The zero-order valence-corrected chi connectivity index (χ0v) is 22.3. The van der Waals surface area contributed by atoms with Gasteiger partial charge in [-0.25, -0.2) is 13.2 Å². The van der Waals surface area contributed by atoms with E-state index in [9.17, 15) is 18.4 Å². The minimum Gasteiger partial charge on any atom is -0.371 e. The Hall–Kier alpha value is -2.74. The summed E-state index contributed by atoms with van der Waals surface area (Å²) in [6, 6.07) is 1.82. The number of halogens is 4. The van der Waals surface area contributed by atoms with Crippen LogP contribution in [0, 0.1) is 23.5 Å². The molecule has 1 aliphatic heterocycles. The molecule has 5 nitrogen and oxygen atoms in total. The summed E-state index contributed by atoms with van der Waals surface area (Å²) < 4.78 is 42.5. The van der Waals surface area contributed by atoms with Gasteiger partial charge in [0.1, 0.15) is 11.4 Å². The van der Waals surface area contributed by atoms with E-state index in [1.165, 1.54) is 12.1 Å². The molecule has 1 heterocycles. The highest BCUT2D eigenvalue weighted by Gasteiger charge is 2.51. The van der Waals surface area contributed by atoms with Crippen molar-refractivity contribution in [2.45, 2.75) is 77.0 Å². The highest BCUT2D eigenvalue weighted by molar-refractivity contribution is 6.30. The summed E-state index contributed by atoms with van der Waals surface area (Å²) in [4.78, 5) is 28.2. The maximum Gasteiger partial charge on any atom is 0.246 e. The molecule has 1 aromatic rings. The summed E-state index contributed by atoms with van der Waals surface area (Å²) in [6.45, 7) is 11.5. The van der Waals surface area contributed by atoms with Crippen LogP contribution in [0.2, 0.25) is 5.02 Å². The van der Waals surface area contributed by atoms with Gasteiger partial charge in [0, 0.05) is 28.9 Å². The predicted molar refractivity (Wildman–Crippen MR) is 138 cm³/mol. The second-order valence-corrected chi connectivity index (χ2v) is 11.1. The molecule has 3 aliphatic rings. The van der Waals surface area contributed by atoms with Crippen LogP contribution in [0.3, 0.4) is 0 Å². The smallest absolute Gasteiger partial charge is 0.246 e. The molecule has 1 aromatic carbocycles. The first-order valence-electron chi connectivity index (χ1n) is 12.7. The highest BCUT2D eigenvalue weighted by Crippen LogP contribution is 2.39. The number of likely N-dealkylation sites (tertiary alicyclic amines) is 1. The minimum atomic E-state index is -1.15. The number of hydrogen-bond donors (Lipinski definition) is 2. The molecule has 0 bridgehead atoms. The molecule has 0 spiro atoms. The first-order chi connectivity index (χ1) is 17.3. The van der Waals surface area contributed by atoms with E-state index in [1.807, 2.05) is 25.7 Å². The molecule has 1 saturated carbocycles. The predicted octanol–water partition coefficient (Wildman–Crippen LogP) is 5.66. The molecular formula is C28H33ClF3N3O2. The standard InChI is InChI=1S/C28H33ClF3N3O2/c1-14-10-21(23(30)13-20(14)26(36)35-15(2)6-7-16(35)3)18(5)33-27(37)28(8-9-28)34-17(4)19-11-22(29)25(32)24(31)12-19/h10-16,18,20,34H,4,6-9H2,1-3,5H3,(H,33,37)/t14?,15-,16+,18-,20?/m1/s1. The van der Waals surface area contributed by atoms with Gasteiger partial charge in [0.2, 0.25) is 11.8 Å². The van der Waals surface area contributed by atoms with E-state index in [0.717, 1.165) is 18.9 Å². The van der Waals surface area contributed by atoms with Gasteiger partial charge in [-0.2, -0.15) is 0 Å². The summed E-state index contributed by atoms with van der Waals surface area (Å²) in [5.41, 5.74) is -0.199. The molecule has 0 aromatic heterocycles. The van der Waals surface area contributed by atoms with E-state index < -0.39 is 35.0 Å². The van der Waals surface area contributed by atoms with Crippen LogP contribution in [0.1, 0.15) is 58.9 Å². The number of nitrogens with zero attached hydrogens (tertiary/aromatic N) is 1. The Morgan fingerprint density at radius 1 is 1.11 bits per heavy atom. The van der Waals surface area contributed by atoms with Gasteiger partial charge in [0.25, 0.3) is 0 Å². The quantitative estimate of drug-likeness (QED) is 0.443. The molecule has 2 N–H and O–H groups in total. The topological polar surface area (TPSA) is 61.4 Å². The highest BCUT2D eigenvalue weighted by atomic mass is 35.5. The van der Waals surface area contributed by atoms with Crippen molar-refractivity contribution in [1.82, 2.24) is 15.5 Å². The van der Waals surface area contributed by atoms with E-state index in [-0.39, 0.29) is 46.1 Å². The lowest BCUT2D eigenvalue weighted by Gasteiger charge is -2.33. The summed E-state index contributed by atoms with van der Waals surface area (Å²) in [5.74, 6) is -4.01. The van der Waals surface area contributed by atoms with Gasteiger partial charge in [0.05, 0.1) is 17.0 Å². The average Bonchev–Trinajstić information content (AvgIpc) is 3.54. The van der Waals surface area contributed by atoms with Gasteiger partial charge in [-0.3, -0.25) is 9.59 Å². The Bertz CT molecular complexity index is 1160. The molecule has 0 radical (unpaired) electrons. The van der Waals surface area contributed by atoms with E-state index in [1.54, 1.807) is 13.0 Å². The van der Waals surface area contributed by atoms with Gasteiger partial charge in [-0.05, 0) is 70.6 Å². The number of carbonyl (C=O) groups excluding carboxylic acids is 2. The largest absolute Gasteiger partial charge is 0.371 e. The third-order valence-electron chi connectivity index (χ3n) is 7.82. The zero-order valence-electron chi connectivity index (χ0n) is 21.5. The van der Waals surface area contributed by atoms with Crippen molar-refractivity contribution < 1.29 is 22.8 Å². The van der Waals surface area contributed by atoms with Crippen molar-refractivity contribution in [2.24, 2.45) is 11.8 Å². The lowest BCUT2D eigenvalue weighted by molar-refractivity contribution is -0.137. The monoisotopic (exact) mass is 535 g/mol. The van der Waals surface area contributed by atoms with Crippen LogP contribution in [-0.2, 0) is 9.59 Å². The van der Waals surface area contributed by atoms with E-state index in [4.69, 9.17) is 11.6 Å². The first-order valence-corrected chi connectivity index (χ1v) is 13.1. The summed E-state index contributed by atoms with van der Waals surface area (Å²) in [7, 11) is 0. The minimum absolute atomic E-state index is 0.0656. The van der Waals surface area contributed by atoms with Crippen molar-refractivity contribution >= 4 is 29.1 Å². The number of amides is 2. The Morgan fingerprint density at radius 2 is 1.73 bits per heavy atom. The molecule has 2 amide bonds. The fourth-order valence-electron chi connectivity index (χ4n) is 5.36. The summed E-state index contributed by atoms with van der Waals surface area (Å²) >= 11 is 5.74. The molecule has 200 valence electrons. The number of nitrogens with one attached hydrogen (secondary N) is 2. The zero-order chi connectivity index (χ0) is 27.2. The maximum absolute atomic E-state index is 15.2. The first kappa shape index (κ1) is 27.3. The number of allylic oxidation sites excluding steroid dienone is 1. The number of carbonyl (C=O) groups is 2. The van der Waals surface area contributed by atoms with Crippen LogP contribution >= 0.6 is 11.6 Å². The van der Waals surface area contributed by atoms with Crippen LogP contribution in [0.5, 0.6) is 0 Å². The number of rotatable bonds is 7. The Labute approximate surface area is 220 Å². The fraction of sp³-hybridized carbons (Fsp3) is 0.500. The normalized spacial score (nSPS) is 27.2. The number of hydrogen-bond acceptors (Lipinski definition) is 3. The van der Waals surface area contributed by atoms with E-state index in [0.29, 0.717) is 18.4 Å².